The van der Waals surface area contributed by atoms with Gasteiger partial charge in [0.05, 0.1) is 24.6 Å². The van der Waals surface area contributed by atoms with E-state index in [-0.39, 0.29) is 11.7 Å². The minimum Gasteiger partial charge on any atom is -0.502 e. The van der Waals surface area contributed by atoms with Crippen LogP contribution in [0.3, 0.4) is 0 Å². The van der Waals surface area contributed by atoms with Crippen molar-refractivity contribution in [2.75, 3.05) is 20.8 Å². The van der Waals surface area contributed by atoms with Crippen molar-refractivity contribution < 1.29 is 14.2 Å². The molecule has 0 N–H and O–H groups in total. The van der Waals surface area contributed by atoms with Crippen LogP contribution in [-0.4, -0.2) is 32.5 Å². The number of allylic oxidation sites excluding steroid dienone is 1. The van der Waals surface area contributed by atoms with Crippen molar-refractivity contribution in [1.82, 2.24) is 0 Å². The molecule has 0 radical (unpaired) electrons. The summed E-state index contributed by atoms with van der Waals surface area (Å²) in [5, 5.41) is 0. The van der Waals surface area contributed by atoms with Gasteiger partial charge in [-0.05, 0) is 33.1 Å². The van der Waals surface area contributed by atoms with Crippen LogP contribution in [0.2, 0.25) is 0 Å². The van der Waals surface area contributed by atoms with E-state index < -0.39 is 0 Å². The SMILES string of the molecule is CC=COCCCC(C)(OC)C(CCCCCCCC)OC. The average molecular weight is 315 g/mol. The molecule has 3 heteroatoms. The van der Waals surface area contributed by atoms with Crippen LogP contribution in [0.15, 0.2) is 12.3 Å². The van der Waals surface area contributed by atoms with E-state index in [1.807, 2.05) is 13.0 Å². The van der Waals surface area contributed by atoms with Crippen LogP contribution in [0.25, 0.3) is 0 Å². The van der Waals surface area contributed by atoms with Gasteiger partial charge < -0.3 is 14.2 Å². The monoisotopic (exact) mass is 314 g/mol. The lowest BCUT2D eigenvalue weighted by molar-refractivity contribution is -0.116. The molecule has 0 aromatic heterocycles. The summed E-state index contributed by atoms with van der Waals surface area (Å²) in [6.45, 7) is 7.11. The van der Waals surface area contributed by atoms with Crippen LogP contribution in [0.4, 0.5) is 0 Å². The van der Waals surface area contributed by atoms with Crippen molar-refractivity contribution in [3.63, 3.8) is 0 Å². The van der Waals surface area contributed by atoms with Gasteiger partial charge in [0, 0.05) is 14.2 Å². The number of methoxy groups -OCH3 is 2. The van der Waals surface area contributed by atoms with Crippen molar-refractivity contribution in [2.24, 2.45) is 0 Å². The summed E-state index contributed by atoms with van der Waals surface area (Å²) in [5.41, 5.74) is -0.225. The quantitative estimate of drug-likeness (QED) is 0.295. The van der Waals surface area contributed by atoms with E-state index in [1.54, 1.807) is 20.5 Å². The minimum atomic E-state index is -0.225. The molecule has 132 valence electrons. The lowest BCUT2D eigenvalue weighted by Crippen LogP contribution is -2.42. The first-order chi connectivity index (χ1) is 10.6. The van der Waals surface area contributed by atoms with Gasteiger partial charge in [-0.3, -0.25) is 0 Å². The van der Waals surface area contributed by atoms with Gasteiger partial charge >= 0.3 is 0 Å². The van der Waals surface area contributed by atoms with Crippen LogP contribution in [0.5, 0.6) is 0 Å². The molecule has 0 aromatic rings. The Balaban J connectivity index is 4.09. The highest BCUT2D eigenvalue weighted by Gasteiger charge is 2.33. The summed E-state index contributed by atoms with van der Waals surface area (Å²) in [6, 6.07) is 0. The Hall–Kier alpha value is -0.540. The second-order valence-corrected chi connectivity index (χ2v) is 6.24. The maximum absolute atomic E-state index is 5.79. The lowest BCUT2D eigenvalue weighted by Gasteiger charge is -2.36. The zero-order chi connectivity index (χ0) is 16.7. The van der Waals surface area contributed by atoms with Crippen molar-refractivity contribution >= 4 is 0 Å². The standard InChI is InChI=1S/C19H38O3/c1-6-8-9-10-11-12-14-18(20-4)19(3,21-5)15-13-17-22-16-7-2/h7,16,18H,6,8-15,17H2,1-5H3. The van der Waals surface area contributed by atoms with E-state index >= 15 is 0 Å². The zero-order valence-corrected chi connectivity index (χ0v) is 15.5. The minimum absolute atomic E-state index is 0.158. The fourth-order valence-electron chi connectivity index (χ4n) is 2.85. The van der Waals surface area contributed by atoms with Gasteiger partial charge in [0.15, 0.2) is 0 Å². The molecule has 0 saturated heterocycles. The van der Waals surface area contributed by atoms with Gasteiger partial charge in [-0.15, -0.1) is 0 Å². The number of unbranched alkanes of at least 4 members (excludes halogenated alkanes) is 5. The van der Waals surface area contributed by atoms with Crippen molar-refractivity contribution in [3.8, 4) is 0 Å². The van der Waals surface area contributed by atoms with Crippen molar-refractivity contribution in [1.29, 1.82) is 0 Å². The Morgan fingerprint density at radius 3 is 2.27 bits per heavy atom. The van der Waals surface area contributed by atoms with Gasteiger partial charge in [0.25, 0.3) is 0 Å². The Kier molecular flexibility index (Phi) is 13.7. The molecule has 0 heterocycles. The molecule has 0 aliphatic heterocycles. The first-order valence-electron chi connectivity index (χ1n) is 8.95. The fraction of sp³-hybridized carbons (Fsp3) is 0.895. The largest absolute Gasteiger partial charge is 0.502 e. The summed E-state index contributed by atoms with van der Waals surface area (Å²) in [6.07, 6.45) is 14.7. The molecule has 0 bridgehead atoms. The number of ether oxygens (including phenoxy) is 3. The van der Waals surface area contributed by atoms with Crippen molar-refractivity contribution in [2.45, 2.75) is 90.3 Å². The van der Waals surface area contributed by atoms with Crippen LogP contribution in [-0.2, 0) is 14.2 Å². The second kappa shape index (κ2) is 14.1. The predicted molar refractivity (Wildman–Crippen MR) is 94.2 cm³/mol. The van der Waals surface area contributed by atoms with Gasteiger partial charge in [-0.1, -0.05) is 51.5 Å². The summed E-state index contributed by atoms with van der Waals surface area (Å²) in [4.78, 5) is 0. The topological polar surface area (TPSA) is 27.7 Å². The van der Waals surface area contributed by atoms with E-state index in [4.69, 9.17) is 14.2 Å². The third kappa shape index (κ3) is 9.47. The highest BCUT2D eigenvalue weighted by atomic mass is 16.5. The molecule has 2 unspecified atom stereocenters. The fourth-order valence-corrected chi connectivity index (χ4v) is 2.85. The number of hydrogen-bond acceptors (Lipinski definition) is 3. The molecule has 0 saturated carbocycles. The van der Waals surface area contributed by atoms with Gasteiger partial charge in [0.1, 0.15) is 0 Å². The molecule has 0 aliphatic carbocycles. The number of rotatable bonds is 15. The van der Waals surface area contributed by atoms with Crippen LogP contribution in [0.1, 0.15) is 78.6 Å². The van der Waals surface area contributed by atoms with Gasteiger partial charge in [-0.2, -0.15) is 0 Å². The van der Waals surface area contributed by atoms with Gasteiger partial charge in [0.2, 0.25) is 0 Å². The molecule has 0 amide bonds. The summed E-state index contributed by atoms with van der Waals surface area (Å²) in [7, 11) is 3.59. The van der Waals surface area contributed by atoms with E-state index in [0.29, 0.717) is 0 Å². The molecule has 2 atom stereocenters. The van der Waals surface area contributed by atoms with E-state index in [9.17, 15) is 0 Å². The highest BCUT2D eigenvalue weighted by molar-refractivity contribution is 4.85. The molecule has 0 aromatic carbocycles. The van der Waals surface area contributed by atoms with Gasteiger partial charge in [-0.25, -0.2) is 0 Å². The smallest absolute Gasteiger partial charge is 0.0912 e. The van der Waals surface area contributed by atoms with E-state index in [2.05, 4.69) is 13.8 Å². The molecule has 3 nitrogen and oxygen atoms in total. The van der Waals surface area contributed by atoms with Crippen LogP contribution >= 0.6 is 0 Å². The molecule has 0 aliphatic rings. The Labute approximate surface area is 138 Å². The third-order valence-corrected chi connectivity index (χ3v) is 4.42. The molecule has 0 fully saturated rings. The maximum atomic E-state index is 5.79. The number of hydrogen-bond donors (Lipinski definition) is 0. The predicted octanol–water partition coefficient (Wildman–Crippen LogP) is 5.49. The van der Waals surface area contributed by atoms with E-state index in [0.717, 1.165) is 25.9 Å². The molecular formula is C19H38O3. The molecule has 0 rings (SSSR count). The molecule has 0 spiro atoms. The molecular weight excluding hydrogens is 276 g/mol. The Bertz CT molecular complexity index is 265. The summed E-state index contributed by atoms with van der Waals surface area (Å²) < 4.78 is 16.9. The summed E-state index contributed by atoms with van der Waals surface area (Å²) >= 11 is 0. The van der Waals surface area contributed by atoms with Crippen LogP contribution < -0.4 is 0 Å². The lowest BCUT2D eigenvalue weighted by atomic mass is 9.89. The first kappa shape index (κ1) is 21.5. The first-order valence-corrected chi connectivity index (χ1v) is 8.95. The second-order valence-electron chi connectivity index (χ2n) is 6.24. The highest BCUT2D eigenvalue weighted by Crippen LogP contribution is 2.27. The summed E-state index contributed by atoms with van der Waals surface area (Å²) in [5.74, 6) is 0. The Morgan fingerprint density at radius 1 is 1.00 bits per heavy atom. The van der Waals surface area contributed by atoms with E-state index in [1.165, 1.54) is 38.5 Å². The maximum Gasteiger partial charge on any atom is 0.0912 e. The normalized spacial score (nSPS) is 15.9. The third-order valence-electron chi connectivity index (χ3n) is 4.42. The molecule has 22 heavy (non-hydrogen) atoms. The van der Waals surface area contributed by atoms with Crippen molar-refractivity contribution in [3.05, 3.63) is 12.3 Å². The van der Waals surface area contributed by atoms with Crippen LogP contribution in [0, 0.1) is 0 Å². The zero-order valence-electron chi connectivity index (χ0n) is 15.5. The Morgan fingerprint density at radius 2 is 1.68 bits per heavy atom. The average Bonchev–Trinajstić information content (AvgIpc) is 2.53.